The molecule has 216 valence electrons. The van der Waals surface area contributed by atoms with Gasteiger partial charge >= 0.3 is 12.2 Å². The van der Waals surface area contributed by atoms with Crippen LogP contribution in [0, 0.1) is 0 Å². The summed E-state index contributed by atoms with van der Waals surface area (Å²) in [6.45, 7) is 7.10. The Morgan fingerprint density at radius 2 is 1.71 bits per heavy atom. The third-order valence-electron chi connectivity index (χ3n) is 6.37. The summed E-state index contributed by atoms with van der Waals surface area (Å²) in [7, 11) is 1.49. The lowest BCUT2D eigenvalue weighted by Gasteiger charge is -2.29. The predicted octanol–water partition coefficient (Wildman–Crippen LogP) is 4.68. The van der Waals surface area contributed by atoms with Crippen LogP contribution in [0.25, 0.3) is 10.8 Å². The van der Waals surface area contributed by atoms with Crippen molar-refractivity contribution in [1.82, 2.24) is 10.2 Å². The van der Waals surface area contributed by atoms with Crippen molar-refractivity contribution < 1.29 is 33.4 Å². The average molecular weight is 627 g/mol. The molecular formula is C30H32BrN3O7. The van der Waals surface area contributed by atoms with E-state index >= 15 is 0 Å². The number of likely N-dealkylation sites (N-methyl/N-ethyl adjacent to an activating group) is 1. The van der Waals surface area contributed by atoms with Crippen LogP contribution >= 0.6 is 15.9 Å². The Balaban J connectivity index is 0.00000147. The third kappa shape index (κ3) is 7.71. The summed E-state index contributed by atoms with van der Waals surface area (Å²) in [5.74, 6) is -0.235. The Labute approximate surface area is 246 Å². The van der Waals surface area contributed by atoms with Crippen LogP contribution < -0.4 is 15.0 Å². The lowest BCUT2D eigenvalue weighted by molar-refractivity contribution is -0.191. The van der Waals surface area contributed by atoms with Crippen LogP contribution in [0.1, 0.15) is 33.3 Å². The Morgan fingerprint density at radius 1 is 1.10 bits per heavy atom. The summed E-state index contributed by atoms with van der Waals surface area (Å²) in [6.07, 6.45) is -0.375. The van der Waals surface area contributed by atoms with Gasteiger partial charge in [0.2, 0.25) is 5.91 Å². The van der Waals surface area contributed by atoms with Crippen LogP contribution in [0.15, 0.2) is 65.1 Å². The van der Waals surface area contributed by atoms with Gasteiger partial charge in [0.1, 0.15) is 30.0 Å². The number of carbonyl (C=O) groups is 3. The molecule has 0 radical (unpaired) electrons. The van der Waals surface area contributed by atoms with Gasteiger partial charge in [0, 0.05) is 11.5 Å². The minimum atomic E-state index is -0.953. The normalized spacial score (nSPS) is 15.2. The van der Waals surface area contributed by atoms with Crippen molar-refractivity contribution in [3.05, 3.63) is 70.7 Å². The van der Waals surface area contributed by atoms with Crippen LogP contribution in [0.2, 0.25) is 0 Å². The molecule has 0 saturated carbocycles. The molecule has 3 aromatic rings. The fraction of sp³-hybridized carbons (Fsp3) is 0.333. The summed E-state index contributed by atoms with van der Waals surface area (Å²) in [5.41, 5.74) is 0.882. The number of hydrogen-bond donors (Lipinski definition) is 1. The Kier molecular flexibility index (Phi) is 10.3. The molecule has 11 heteroatoms. The molecule has 1 N–H and O–H groups in total. The Hall–Kier alpha value is -4.21. The number of nitrogens with one attached hydrogen (secondary N) is 1. The molecule has 0 unspecified atom stereocenters. The first kappa shape index (κ1) is 31.3. The van der Waals surface area contributed by atoms with E-state index in [1.165, 1.54) is 11.9 Å². The lowest BCUT2D eigenvalue weighted by Crippen LogP contribution is -2.55. The van der Waals surface area contributed by atoms with E-state index in [1.807, 2.05) is 54.6 Å². The van der Waals surface area contributed by atoms with Crippen LogP contribution in [0.5, 0.6) is 5.75 Å². The predicted molar refractivity (Wildman–Crippen MR) is 155 cm³/mol. The smallest absolute Gasteiger partial charge is 0.410 e. The van der Waals surface area contributed by atoms with E-state index in [0.717, 1.165) is 20.8 Å². The highest BCUT2D eigenvalue weighted by atomic mass is 79.9. The number of rotatable bonds is 5. The minimum Gasteiger partial charge on any atom is -0.489 e. The molecule has 3 aromatic carbocycles. The molecule has 1 aliphatic rings. The highest BCUT2D eigenvalue weighted by Crippen LogP contribution is 2.34. The fourth-order valence-corrected chi connectivity index (χ4v) is 4.69. The zero-order chi connectivity index (χ0) is 30.3. The minimum absolute atomic E-state index is 0.0396. The molecule has 0 aliphatic carbocycles. The quantitative estimate of drug-likeness (QED) is 0.436. The first-order valence-corrected chi connectivity index (χ1v) is 13.6. The van der Waals surface area contributed by atoms with Crippen molar-refractivity contribution >= 4 is 56.4 Å². The maximum absolute atomic E-state index is 13.9. The van der Waals surface area contributed by atoms with Gasteiger partial charge in [0.25, 0.3) is 5.91 Å². The van der Waals surface area contributed by atoms with Crippen LogP contribution in [-0.4, -0.2) is 60.3 Å². The lowest BCUT2D eigenvalue weighted by atomic mass is 10.0. The number of amides is 3. The molecule has 0 saturated heterocycles. The Bertz CT molecular complexity index is 1460. The highest BCUT2D eigenvalue weighted by Gasteiger charge is 2.35. The molecule has 4 rings (SSSR count). The van der Waals surface area contributed by atoms with Gasteiger partial charge < -0.3 is 19.7 Å². The second-order valence-electron chi connectivity index (χ2n) is 10.4. The van der Waals surface area contributed by atoms with Gasteiger partial charge in [-0.1, -0.05) is 58.4 Å². The summed E-state index contributed by atoms with van der Waals surface area (Å²) < 4.78 is 12.3. The topological polar surface area (TPSA) is 122 Å². The fourth-order valence-electron chi connectivity index (χ4n) is 4.21. The SMILES string of the molecule is C[C@@H](C(=O)N[C@H]1COc2ccccc2N(Cc2ccc(Br)c3ccccc23)C1=O)N(C)C(=O)OC(C)(C)C.O=C=O. The number of benzene rings is 3. The number of carbonyl (C=O) groups excluding carboxylic acids is 5. The monoisotopic (exact) mass is 625 g/mol. The molecule has 0 fully saturated rings. The van der Waals surface area contributed by atoms with E-state index in [0.29, 0.717) is 11.4 Å². The number of nitrogens with zero attached hydrogens (tertiary/aromatic N) is 2. The van der Waals surface area contributed by atoms with Crippen molar-refractivity contribution in [2.75, 3.05) is 18.6 Å². The van der Waals surface area contributed by atoms with Crippen LogP contribution in [-0.2, 0) is 30.5 Å². The van der Waals surface area contributed by atoms with Gasteiger partial charge in [-0.15, -0.1) is 0 Å². The van der Waals surface area contributed by atoms with E-state index in [2.05, 4.69) is 21.2 Å². The first-order valence-electron chi connectivity index (χ1n) is 12.8. The maximum Gasteiger partial charge on any atom is 0.410 e. The molecule has 0 aromatic heterocycles. The standard InChI is InChI=1S/C29H32BrN3O5.CO2/c1-18(32(5)28(36)38-29(2,3)4)26(34)31-23-17-37-25-13-9-8-12-24(25)33(27(23)35)16-19-14-15-22(30)21-11-7-6-10-20(19)21;2-1-3/h6-15,18,23H,16-17H2,1-5H3,(H,31,34);/t18-,23-;/m0./s1. The number of ether oxygens (including phenoxy) is 2. The van der Waals surface area contributed by atoms with Crippen LogP contribution in [0.4, 0.5) is 10.5 Å². The van der Waals surface area contributed by atoms with Gasteiger partial charge in [0.15, 0.2) is 0 Å². The molecule has 1 heterocycles. The zero-order valence-electron chi connectivity index (χ0n) is 23.5. The molecule has 1 aliphatic heterocycles. The number of hydrogen-bond acceptors (Lipinski definition) is 7. The zero-order valence-corrected chi connectivity index (χ0v) is 25.1. The highest BCUT2D eigenvalue weighted by molar-refractivity contribution is 9.10. The van der Waals surface area contributed by atoms with Gasteiger partial charge in [-0.25, -0.2) is 4.79 Å². The molecule has 10 nitrogen and oxygen atoms in total. The summed E-state index contributed by atoms with van der Waals surface area (Å²) >= 11 is 3.61. The van der Waals surface area contributed by atoms with Crippen molar-refractivity contribution in [2.45, 2.75) is 51.9 Å². The number of fused-ring (bicyclic) bond motifs is 2. The van der Waals surface area contributed by atoms with Crippen molar-refractivity contribution in [2.24, 2.45) is 0 Å². The van der Waals surface area contributed by atoms with Crippen molar-refractivity contribution in [3.8, 4) is 5.75 Å². The van der Waals surface area contributed by atoms with E-state index in [9.17, 15) is 14.4 Å². The largest absolute Gasteiger partial charge is 0.489 e. The van der Waals surface area contributed by atoms with Gasteiger partial charge in [-0.2, -0.15) is 9.59 Å². The summed E-state index contributed by atoms with van der Waals surface area (Å²) in [4.78, 5) is 58.6. The molecule has 0 spiro atoms. The number of halogens is 1. The van der Waals surface area contributed by atoms with Crippen LogP contribution in [0.3, 0.4) is 0 Å². The second kappa shape index (κ2) is 13.4. The molecule has 0 bridgehead atoms. The second-order valence-corrected chi connectivity index (χ2v) is 11.2. The molecule has 3 amide bonds. The average Bonchev–Trinajstić information content (AvgIpc) is 3.05. The van der Waals surface area contributed by atoms with Gasteiger partial charge in [0.05, 0.1) is 12.2 Å². The molecular weight excluding hydrogens is 594 g/mol. The Morgan fingerprint density at radius 3 is 2.37 bits per heavy atom. The van der Waals surface area contributed by atoms with E-state index < -0.39 is 29.7 Å². The number of anilines is 1. The first-order chi connectivity index (χ1) is 19.4. The van der Waals surface area contributed by atoms with E-state index in [4.69, 9.17) is 19.1 Å². The third-order valence-corrected chi connectivity index (χ3v) is 7.07. The summed E-state index contributed by atoms with van der Waals surface area (Å²) in [5, 5.41) is 4.85. The molecule has 2 atom stereocenters. The van der Waals surface area contributed by atoms with E-state index in [-0.39, 0.29) is 25.2 Å². The van der Waals surface area contributed by atoms with E-state index in [1.54, 1.807) is 38.7 Å². The van der Waals surface area contributed by atoms with Gasteiger partial charge in [-0.3, -0.25) is 14.5 Å². The maximum atomic E-state index is 13.9. The number of para-hydroxylation sites is 2. The van der Waals surface area contributed by atoms with Crippen molar-refractivity contribution in [3.63, 3.8) is 0 Å². The summed E-state index contributed by atoms with van der Waals surface area (Å²) in [6, 6.07) is 17.4. The van der Waals surface area contributed by atoms with Crippen molar-refractivity contribution in [1.29, 1.82) is 0 Å². The molecule has 41 heavy (non-hydrogen) atoms. The van der Waals surface area contributed by atoms with Gasteiger partial charge in [-0.05, 0) is 62.2 Å².